The Hall–Kier alpha value is -2.93. The Morgan fingerprint density at radius 3 is 2.67 bits per heavy atom. The highest BCUT2D eigenvalue weighted by atomic mass is 32.1. The number of aromatic nitrogens is 1. The summed E-state index contributed by atoms with van der Waals surface area (Å²) in [5.74, 6) is -0.998. The molecular formula is C20H14F3NO2S. The van der Waals surface area contributed by atoms with Gasteiger partial charge in [-0.1, -0.05) is 29.9 Å². The van der Waals surface area contributed by atoms with Crippen molar-refractivity contribution in [1.29, 1.82) is 0 Å². The molecule has 0 aliphatic carbocycles. The Morgan fingerprint density at radius 2 is 1.96 bits per heavy atom. The van der Waals surface area contributed by atoms with E-state index in [-0.39, 0.29) is 5.56 Å². The molecule has 2 aromatic carbocycles. The van der Waals surface area contributed by atoms with Crippen LogP contribution in [0.5, 0.6) is 0 Å². The third-order valence-corrected chi connectivity index (χ3v) is 4.73. The van der Waals surface area contributed by atoms with E-state index in [1.807, 2.05) is 0 Å². The SMILES string of the molecule is CC(/C=C/c1nc2ccc(C(=O)O)cc2s1)=C\c1cccc(C(F)(F)F)c1. The maximum Gasteiger partial charge on any atom is 0.416 e. The molecule has 3 rings (SSSR count). The smallest absolute Gasteiger partial charge is 0.416 e. The van der Waals surface area contributed by atoms with Gasteiger partial charge in [0.2, 0.25) is 0 Å². The first-order valence-electron chi connectivity index (χ1n) is 7.90. The molecule has 1 N–H and O–H groups in total. The van der Waals surface area contributed by atoms with Gasteiger partial charge >= 0.3 is 12.1 Å². The lowest BCUT2D eigenvalue weighted by Crippen LogP contribution is -2.04. The van der Waals surface area contributed by atoms with Crippen molar-refractivity contribution < 1.29 is 23.1 Å². The number of carbonyl (C=O) groups is 1. The molecule has 0 amide bonds. The highest BCUT2D eigenvalue weighted by molar-refractivity contribution is 7.19. The zero-order valence-electron chi connectivity index (χ0n) is 14.1. The fraction of sp³-hybridized carbons (Fsp3) is 0.100. The summed E-state index contributed by atoms with van der Waals surface area (Å²) in [4.78, 5) is 15.4. The first kappa shape index (κ1) is 18.8. The molecule has 0 spiro atoms. The molecule has 3 aromatic rings. The van der Waals surface area contributed by atoms with Crippen molar-refractivity contribution in [2.75, 3.05) is 0 Å². The molecule has 0 radical (unpaired) electrons. The van der Waals surface area contributed by atoms with Gasteiger partial charge in [0, 0.05) is 0 Å². The number of allylic oxidation sites excluding steroid dienone is 2. The third kappa shape index (κ3) is 4.62. The maximum absolute atomic E-state index is 12.8. The van der Waals surface area contributed by atoms with Crippen molar-refractivity contribution in [3.8, 4) is 0 Å². The Labute approximate surface area is 157 Å². The summed E-state index contributed by atoms with van der Waals surface area (Å²) in [5, 5.41) is 9.71. The van der Waals surface area contributed by atoms with Crippen LogP contribution in [0.2, 0.25) is 0 Å². The molecule has 0 unspecified atom stereocenters. The number of carboxylic acids is 1. The van der Waals surface area contributed by atoms with Gasteiger partial charge in [-0.25, -0.2) is 9.78 Å². The standard InChI is InChI=1S/C20H14F3NO2S/c1-12(9-13-3-2-4-15(10-13)20(21,22)23)5-8-18-24-16-7-6-14(19(25)26)11-17(16)27-18/h2-11H,1H3,(H,25,26)/b8-5+,12-9+. The minimum absolute atomic E-state index is 0.197. The molecular weight excluding hydrogens is 375 g/mol. The molecule has 3 nitrogen and oxygen atoms in total. The summed E-state index contributed by atoms with van der Waals surface area (Å²) in [6.07, 6.45) is 0.797. The number of halogens is 3. The number of aromatic carboxylic acids is 1. The van der Waals surface area contributed by atoms with Crippen LogP contribution < -0.4 is 0 Å². The lowest BCUT2D eigenvalue weighted by atomic mass is 10.1. The summed E-state index contributed by atoms with van der Waals surface area (Å²) in [6.45, 7) is 1.78. The van der Waals surface area contributed by atoms with Gasteiger partial charge < -0.3 is 5.11 Å². The Balaban J connectivity index is 1.82. The molecule has 138 valence electrons. The molecule has 1 heterocycles. The number of rotatable bonds is 4. The molecule has 0 atom stereocenters. The van der Waals surface area contributed by atoms with Gasteiger partial charge in [0.15, 0.2) is 0 Å². The molecule has 0 saturated heterocycles. The number of thiazole rings is 1. The average molecular weight is 389 g/mol. The second-order valence-corrected chi connectivity index (χ2v) is 6.95. The topological polar surface area (TPSA) is 50.2 Å². The van der Waals surface area contributed by atoms with Gasteiger partial charge in [0.1, 0.15) is 5.01 Å². The predicted octanol–water partition coefficient (Wildman–Crippen LogP) is 6.13. The Morgan fingerprint density at radius 1 is 1.19 bits per heavy atom. The molecule has 0 aliphatic rings. The van der Waals surface area contributed by atoms with Crippen LogP contribution in [0.3, 0.4) is 0 Å². The summed E-state index contributed by atoms with van der Waals surface area (Å²) < 4.78 is 39.1. The van der Waals surface area contributed by atoms with Crippen molar-refractivity contribution in [2.45, 2.75) is 13.1 Å². The number of fused-ring (bicyclic) bond motifs is 1. The molecule has 0 bridgehead atoms. The number of carboxylic acid groups (broad SMARTS) is 1. The summed E-state index contributed by atoms with van der Waals surface area (Å²) in [5.41, 5.74) is 1.43. The van der Waals surface area contributed by atoms with Gasteiger partial charge in [-0.2, -0.15) is 13.2 Å². The van der Waals surface area contributed by atoms with Crippen LogP contribution in [0, 0.1) is 0 Å². The molecule has 27 heavy (non-hydrogen) atoms. The van der Waals surface area contributed by atoms with Crippen LogP contribution in [-0.4, -0.2) is 16.1 Å². The number of hydrogen-bond acceptors (Lipinski definition) is 3. The molecule has 7 heteroatoms. The van der Waals surface area contributed by atoms with Crippen LogP contribution in [0.1, 0.15) is 33.4 Å². The van der Waals surface area contributed by atoms with E-state index in [9.17, 15) is 18.0 Å². The van der Waals surface area contributed by atoms with E-state index in [4.69, 9.17) is 5.11 Å². The monoisotopic (exact) mass is 389 g/mol. The van der Waals surface area contributed by atoms with Gasteiger partial charge in [-0.05, 0) is 48.9 Å². The fourth-order valence-electron chi connectivity index (χ4n) is 2.47. The largest absolute Gasteiger partial charge is 0.478 e. The molecule has 0 aliphatic heterocycles. The van der Waals surface area contributed by atoms with E-state index in [0.717, 1.165) is 22.4 Å². The van der Waals surface area contributed by atoms with Crippen LogP contribution in [-0.2, 0) is 6.18 Å². The van der Waals surface area contributed by atoms with Crippen LogP contribution in [0.25, 0.3) is 22.4 Å². The van der Waals surface area contributed by atoms with Crippen LogP contribution in [0.15, 0.2) is 54.1 Å². The summed E-state index contributed by atoms with van der Waals surface area (Å²) >= 11 is 1.35. The second-order valence-electron chi connectivity index (χ2n) is 5.88. The molecule has 0 saturated carbocycles. The number of benzene rings is 2. The lowest BCUT2D eigenvalue weighted by molar-refractivity contribution is -0.137. The van der Waals surface area contributed by atoms with E-state index in [1.54, 1.807) is 43.4 Å². The molecule has 0 fully saturated rings. The first-order chi connectivity index (χ1) is 12.7. The number of hydrogen-bond donors (Lipinski definition) is 1. The van der Waals surface area contributed by atoms with E-state index >= 15 is 0 Å². The van der Waals surface area contributed by atoms with Crippen molar-refractivity contribution in [3.63, 3.8) is 0 Å². The van der Waals surface area contributed by atoms with Crippen molar-refractivity contribution >= 4 is 39.7 Å². The second kappa shape index (κ2) is 7.36. The van der Waals surface area contributed by atoms with Crippen molar-refractivity contribution in [1.82, 2.24) is 4.98 Å². The lowest BCUT2D eigenvalue weighted by Gasteiger charge is -2.06. The van der Waals surface area contributed by atoms with Crippen LogP contribution >= 0.6 is 11.3 Å². The van der Waals surface area contributed by atoms with Gasteiger partial charge in [0.05, 0.1) is 21.3 Å². The number of alkyl halides is 3. The zero-order valence-corrected chi connectivity index (χ0v) is 14.9. The normalized spacial score (nSPS) is 12.8. The van der Waals surface area contributed by atoms with Gasteiger partial charge in [-0.3, -0.25) is 0 Å². The average Bonchev–Trinajstić information content (AvgIpc) is 3.01. The van der Waals surface area contributed by atoms with E-state index < -0.39 is 17.7 Å². The van der Waals surface area contributed by atoms with Crippen molar-refractivity contribution in [3.05, 3.63) is 75.8 Å². The van der Waals surface area contributed by atoms with Gasteiger partial charge in [0.25, 0.3) is 0 Å². The summed E-state index contributed by atoms with van der Waals surface area (Å²) in [6, 6.07) is 9.83. The van der Waals surface area contributed by atoms with E-state index in [2.05, 4.69) is 4.98 Å². The highest BCUT2D eigenvalue weighted by Gasteiger charge is 2.30. The Bertz CT molecular complexity index is 1060. The first-order valence-corrected chi connectivity index (χ1v) is 8.71. The highest BCUT2D eigenvalue weighted by Crippen LogP contribution is 2.30. The van der Waals surface area contributed by atoms with E-state index in [0.29, 0.717) is 16.1 Å². The quantitative estimate of drug-likeness (QED) is 0.546. The third-order valence-electron chi connectivity index (χ3n) is 3.75. The Kier molecular flexibility index (Phi) is 5.14. The van der Waals surface area contributed by atoms with Gasteiger partial charge in [-0.15, -0.1) is 11.3 Å². The minimum Gasteiger partial charge on any atom is -0.478 e. The fourth-order valence-corrected chi connectivity index (χ4v) is 3.37. The zero-order chi connectivity index (χ0) is 19.6. The van der Waals surface area contributed by atoms with Crippen LogP contribution in [0.4, 0.5) is 13.2 Å². The summed E-state index contributed by atoms with van der Waals surface area (Å²) in [7, 11) is 0. The maximum atomic E-state index is 12.8. The molecule has 1 aromatic heterocycles. The predicted molar refractivity (Wildman–Crippen MR) is 101 cm³/mol. The number of nitrogens with zero attached hydrogens (tertiary/aromatic N) is 1. The minimum atomic E-state index is -4.37. The van der Waals surface area contributed by atoms with Crippen molar-refractivity contribution in [2.24, 2.45) is 0 Å². The van der Waals surface area contributed by atoms with E-state index in [1.165, 1.54) is 23.5 Å².